The van der Waals surface area contributed by atoms with Gasteiger partial charge in [-0.2, -0.15) is 0 Å². The molecule has 3 aromatic heterocycles. The van der Waals surface area contributed by atoms with Crippen LogP contribution in [0.25, 0.3) is 22.6 Å². The maximum atomic E-state index is 11.3. The molecule has 7 nitrogen and oxygen atoms in total. The fraction of sp³-hybridized carbons (Fsp3) is 0.286. The van der Waals surface area contributed by atoms with E-state index >= 15 is 0 Å². The van der Waals surface area contributed by atoms with Crippen LogP contribution in [0.15, 0.2) is 24.8 Å². The smallest absolute Gasteiger partial charge is 0.354 e. The molecule has 108 valence electrons. The van der Waals surface area contributed by atoms with E-state index in [0.717, 1.165) is 5.52 Å². The molecule has 3 aromatic rings. The van der Waals surface area contributed by atoms with Crippen molar-refractivity contribution in [1.82, 2.24) is 24.5 Å². The fourth-order valence-electron chi connectivity index (χ4n) is 2.40. The Morgan fingerprint density at radius 1 is 1.38 bits per heavy atom. The lowest BCUT2D eigenvalue weighted by atomic mass is 10.1. The minimum Gasteiger partial charge on any atom is -0.477 e. The third-order valence-corrected chi connectivity index (χ3v) is 3.19. The van der Waals surface area contributed by atoms with Gasteiger partial charge < -0.3 is 14.7 Å². The average Bonchev–Trinajstić information content (AvgIpc) is 3.01. The normalized spacial score (nSPS) is 12.0. The molecule has 0 atom stereocenters. The number of aromatic amines is 1. The molecule has 0 aromatic carbocycles. The van der Waals surface area contributed by atoms with Crippen LogP contribution in [-0.2, 0) is 5.54 Å². The minimum atomic E-state index is -1.06. The zero-order valence-electron chi connectivity index (χ0n) is 12.0. The van der Waals surface area contributed by atoms with Crippen molar-refractivity contribution in [2.75, 3.05) is 0 Å². The average molecular weight is 285 g/mol. The number of fused-ring (bicyclic) bond motifs is 1. The van der Waals surface area contributed by atoms with Gasteiger partial charge in [-0.1, -0.05) is 0 Å². The van der Waals surface area contributed by atoms with Crippen molar-refractivity contribution < 1.29 is 9.90 Å². The summed E-state index contributed by atoms with van der Waals surface area (Å²) < 4.78 is 1.98. The van der Waals surface area contributed by atoms with Gasteiger partial charge in [0.2, 0.25) is 0 Å². The number of H-pyrrole nitrogens is 1. The second kappa shape index (κ2) is 4.41. The van der Waals surface area contributed by atoms with Crippen molar-refractivity contribution in [3.8, 4) is 11.5 Å². The number of imidazole rings is 2. The molecular weight excluding hydrogens is 270 g/mol. The Hall–Kier alpha value is -2.70. The van der Waals surface area contributed by atoms with Gasteiger partial charge in [-0.15, -0.1) is 0 Å². The van der Waals surface area contributed by atoms with Crippen LogP contribution in [-0.4, -0.2) is 35.6 Å². The van der Waals surface area contributed by atoms with Crippen LogP contribution < -0.4 is 0 Å². The molecular formula is C14H15N5O2. The number of nitrogens with zero attached hydrogens (tertiary/aromatic N) is 4. The van der Waals surface area contributed by atoms with E-state index in [-0.39, 0.29) is 11.2 Å². The molecule has 7 heteroatoms. The summed E-state index contributed by atoms with van der Waals surface area (Å²) >= 11 is 0. The van der Waals surface area contributed by atoms with E-state index in [0.29, 0.717) is 17.0 Å². The molecule has 0 radical (unpaired) electrons. The van der Waals surface area contributed by atoms with Crippen LogP contribution in [0.1, 0.15) is 31.3 Å². The van der Waals surface area contributed by atoms with Crippen LogP contribution >= 0.6 is 0 Å². The number of pyridine rings is 1. The summed E-state index contributed by atoms with van der Waals surface area (Å²) in [4.78, 5) is 26.7. The fourth-order valence-corrected chi connectivity index (χ4v) is 2.40. The lowest BCUT2D eigenvalue weighted by molar-refractivity contribution is 0.0692. The molecule has 3 heterocycles. The Labute approximate surface area is 120 Å². The molecule has 0 bridgehead atoms. The maximum Gasteiger partial charge on any atom is 0.354 e. The monoisotopic (exact) mass is 285 g/mol. The Morgan fingerprint density at radius 3 is 2.81 bits per heavy atom. The first-order valence-electron chi connectivity index (χ1n) is 6.49. The zero-order chi connectivity index (χ0) is 15.2. The maximum absolute atomic E-state index is 11.3. The van der Waals surface area contributed by atoms with Crippen molar-refractivity contribution >= 4 is 17.0 Å². The third kappa shape index (κ3) is 2.06. The van der Waals surface area contributed by atoms with Gasteiger partial charge in [-0.05, 0) is 26.8 Å². The predicted octanol–water partition coefficient (Wildman–Crippen LogP) is 2.27. The number of carbonyl (C=O) groups is 1. The Kier molecular flexibility index (Phi) is 2.79. The molecule has 0 aliphatic rings. The van der Waals surface area contributed by atoms with Crippen LogP contribution in [0.5, 0.6) is 0 Å². The molecule has 21 heavy (non-hydrogen) atoms. The number of aromatic nitrogens is 5. The van der Waals surface area contributed by atoms with Crippen LogP contribution in [0, 0.1) is 0 Å². The number of aromatic carboxylic acids is 1. The lowest BCUT2D eigenvalue weighted by Crippen LogP contribution is -2.23. The van der Waals surface area contributed by atoms with E-state index in [1.54, 1.807) is 12.4 Å². The molecule has 3 rings (SSSR count). The first-order chi connectivity index (χ1) is 9.89. The lowest BCUT2D eigenvalue weighted by Gasteiger charge is -2.24. The standard InChI is InChI=1S/C14H15N5O2/c1-14(2,3)19-9-4-5-15-6-8(9)18-12(19)10-11(13(20)21)17-7-16-10/h4-7H,1-3H3,(H,16,17)(H,20,21). The van der Waals surface area contributed by atoms with E-state index in [2.05, 4.69) is 19.9 Å². The van der Waals surface area contributed by atoms with E-state index in [1.165, 1.54) is 6.33 Å². The number of rotatable bonds is 2. The van der Waals surface area contributed by atoms with Gasteiger partial charge in [0, 0.05) is 11.7 Å². The van der Waals surface area contributed by atoms with E-state index in [9.17, 15) is 9.90 Å². The SMILES string of the molecule is CC(C)(C)n1c(-c2nc[nH]c2C(=O)O)nc2cnccc21. The Morgan fingerprint density at radius 2 is 2.14 bits per heavy atom. The number of hydrogen-bond donors (Lipinski definition) is 2. The molecule has 0 fully saturated rings. The largest absolute Gasteiger partial charge is 0.477 e. The highest BCUT2D eigenvalue weighted by Gasteiger charge is 2.26. The van der Waals surface area contributed by atoms with Gasteiger partial charge >= 0.3 is 5.97 Å². The summed E-state index contributed by atoms with van der Waals surface area (Å²) in [5.41, 5.74) is 1.69. The second-order valence-electron chi connectivity index (χ2n) is 5.74. The first-order valence-corrected chi connectivity index (χ1v) is 6.49. The summed E-state index contributed by atoms with van der Waals surface area (Å²) in [6, 6.07) is 1.87. The highest BCUT2D eigenvalue weighted by molar-refractivity contribution is 5.93. The number of nitrogens with one attached hydrogen (secondary N) is 1. The second-order valence-corrected chi connectivity index (χ2v) is 5.74. The van der Waals surface area contributed by atoms with Crippen molar-refractivity contribution in [3.05, 3.63) is 30.5 Å². The number of hydrogen-bond acceptors (Lipinski definition) is 4. The van der Waals surface area contributed by atoms with Gasteiger partial charge in [-0.3, -0.25) is 4.98 Å². The van der Waals surface area contributed by atoms with E-state index in [1.807, 2.05) is 31.4 Å². The van der Waals surface area contributed by atoms with Crippen molar-refractivity contribution in [2.24, 2.45) is 0 Å². The molecule has 0 aliphatic carbocycles. The van der Waals surface area contributed by atoms with Crippen LogP contribution in [0.2, 0.25) is 0 Å². The third-order valence-electron chi connectivity index (χ3n) is 3.19. The quantitative estimate of drug-likeness (QED) is 0.753. The molecule has 0 amide bonds. The molecule has 0 saturated heterocycles. The summed E-state index contributed by atoms with van der Waals surface area (Å²) in [5.74, 6) is -0.544. The Balaban J connectivity index is 2.37. The number of carboxylic acids is 1. The minimum absolute atomic E-state index is 0.0313. The van der Waals surface area contributed by atoms with E-state index in [4.69, 9.17) is 0 Å². The molecule has 0 saturated carbocycles. The van der Waals surface area contributed by atoms with Gasteiger partial charge in [0.15, 0.2) is 11.5 Å². The molecule has 0 unspecified atom stereocenters. The zero-order valence-corrected chi connectivity index (χ0v) is 12.0. The van der Waals surface area contributed by atoms with Gasteiger partial charge in [0.1, 0.15) is 11.2 Å². The molecule has 2 N–H and O–H groups in total. The predicted molar refractivity (Wildman–Crippen MR) is 77.1 cm³/mol. The summed E-state index contributed by atoms with van der Waals surface area (Å²) in [6.07, 6.45) is 4.72. The van der Waals surface area contributed by atoms with E-state index < -0.39 is 5.97 Å². The number of carboxylic acid groups (broad SMARTS) is 1. The van der Waals surface area contributed by atoms with Gasteiger partial charge in [0.05, 0.1) is 18.0 Å². The summed E-state index contributed by atoms with van der Waals surface area (Å²) in [7, 11) is 0. The topological polar surface area (TPSA) is 96.7 Å². The highest BCUT2D eigenvalue weighted by atomic mass is 16.4. The summed E-state index contributed by atoms with van der Waals surface area (Å²) in [5, 5.41) is 9.26. The highest BCUT2D eigenvalue weighted by Crippen LogP contribution is 2.31. The Bertz CT molecular complexity index is 825. The van der Waals surface area contributed by atoms with Crippen molar-refractivity contribution in [1.29, 1.82) is 0 Å². The van der Waals surface area contributed by atoms with Crippen molar-refractivity contribution in [2.45, 2.75) is 26.3 Å². The van der Waals surface area contributed by atoms with Gasteiger partial charge in [-0.25, -0.2) is 14.8 Å². The van der Waals surface area contributed by atoms with Crippen LogP contribution in [0.3, 0.4) is 0 Å². The van der Waals surface area contributed by atoms with Gasteiger partial charge in [0.25, 0.3) is 0 Å². The molecule has 0 spiro atoms. The first kappa shape index (κ1) is 13.3. The summed E-state index contributed by atoms with van der Waals surface area (Å²) in [6.45, 7) is 6.10. The van der Waals surface area contributed by atoms with Crippen LogP contribution in [0.4, 0.5) is 0 Å². The molecule has 0 aliphatic heterocycles. The van der Waals surface area contributed by atoms with Crippen molar-refractivity contribution in [3.63, 3.8) is 0 Å².